The Hall–Kier alpha value is -0.0900. The molecule has 0 saturated heterocycles. The van der Waals surface area contributed by atoms with Gasteiger partial charge in [-0.25, -0.2) is 8.42 Å². The van der Waals surface area contributed by atoms with Crippen LogP contribution in [0.5, 0.6) is 0 Å². The molecular weight excluding hydrogens is 248 g/mol. The molecule has 0 atom stereocenters. The Morgan fingerprint density at radius 2 is 1.11 bits per heavy atom. The van der Waals surface area contributed by atoms with Gasteiger partial charge in [-0.1, -0.05) is 65.3 Å². The molecule has 0 aliphatic heterocycles. The summed E-state index contributed by atoms with van der Waals surface area (Å²) in [6.45, 7) is 8.44. The van der Waals surface area contributed by atoms with Crippen LogP contribution in [0.4, 0.5) is 0 Å². The molecule has 0 N–H and O–H groups in total. The average molecular weight is 293 g/mol. The molecule has 0 fully saturated rings. The zero-order chi connectivity index (χ0) is 10.2. The van der Waals surface area contributed by atoms with Gasteiger partial charge in [0, 0.05) is 0 Å². The van der Waals surface area contributed by atoms with Gasteiger partial charge in [0.1, 0.15) is 10.1 Å². The fraction of sp³-hybridized carbons (Fsp3) is 1.00. The predicted octanol–water partition coefficient (Wildman–Crippen LogP) is 5.68. The van der Waals surface area contributed by atoms with Crippen molar-refractivity contribution in [2.75, 3.05) is 0 Å². The molecule has 0 heterocycles. The molecule has 0 aliphatic rings. The second kappa shape index (κ2) is 12.0. The summed E-state index contributed by atoms with van der Waals surface area (Å²) in [5.74, 6) is 0. The lowest BCUT2D eigenvalue weighted by Gasteiger charge is -2.42. The van der Waals surface area contributed by atoms with E-state index in [4.69, 9.17) is 0 Å². The molecule has 0 unspecified atom stereocenters. The van der Waals surface area contributed by atoms with E-state index in [2.05, 4.69) is 0 Å². The molecule has 18 heavy (non-hydrogen) atoms. The molecule has 0 rings (SSSR count). The summed E-state index contributed by atoms with van der Waals surface area (Å²) < 4.78 is 31.5. The zero-order valence-corrected chi connectivity index (χ0v) is 9.16. The van der Waals surface area contributed by atoms with Gasteiger partial charge in [-0.05, 0) is 25.7 Å². The number of rotatable bonds is 3. The second-order valence-electron chi connectivity index (χ2n) is 4.20. The first-order chi connectivity index (χ1) is 5.06. The Kier molecular flexibility index (Phi) is 28.6. The van der Waals surface area contributed by atoms with E-state index in [0.29, 0.717) is 6.42 Å². The van der Waals surface area contributed by atoms with Gasteiger partial charge < -0.3 is 4.55 Å². The standard InChI is InChI=1S/C8H18O3S.6CH4/c1-6-7(2,3)8(4,5)12(9,10)11;;;;;;/h6H2,1-5H3,(H,9,10,11);6*1H4/i/hT. The summed E-state index contributed by atoms with van der Waals surface area (Å²) in [5.41, 5.74) is -0.479. The van der Waals surface area contributed by atoms with Crippen LogP contribution in [-0.2, 0) is 10.1 Å². The van der Waals surface area contributed by atoms with Crippen molar-refractivity contribution >= 4 is 10.1 Å². The third kappa shape index (κ3) is 8.09. The molecule has 0 amide bonds. The van der Waals surface area contributed by atoms with E-state index < -0.39 is 20.3 Å². The Bertz CT molecular complexity index is 258. The quantitative estimate of drug-likeness (QED) is 0.629. The van der Waals surface area contributed by atoms with E-state index in [9.17, 15) is 13.0 Å². The van der Waals surface area contributed by atoms with Crippen molar-refractivity contribution in [1.29, 1.82) is 0 Å². The van der Waals surface area contributed by atoms with Crippen LogP contribution >= 0.6 is 0 Å². The number of hydrogen-bond acceptors (Lipinski definition) is 3. The molecule has 3 nitrogen and oxygen atoms in total. The van der Waals surface area contributed by atoms with Crippen molar-refractivity contribution in [3.05, 3.63) is 0 Å². The van der Waals surface area contributed by atoms with Gasteiger partial charge in [0.15, 0.2) is 0 Å². The minimum atomic E-state index is -4.22. The van der Waals surface area contributed by atoms with Crippen LogP contribution in [0.2, 0.25) is 0 Å². The van der Waals surface area contributed by atoms with Crippen LogP contribution in [0.15, 0.2) is 0 Å². The van der Waals surface area contributed by atoms with Crippen LogP contribution in [-0.4, -0.2) is 17.7 Å². The zero-order valence-electron chi connectivity index (χ0n) is 9.34. The lowest BCUT2D eigenvalue weighted by molar-refractivity contribution is 0.241. The van der Waals surface area contributed by atoms with Gasteiger partial charge in [0.05, 0.1) is 4.75 Å². The molecule has 122 valence electrons. The van der Waals surface area contributed by atoms with E-state index in [1.165, 1.54) is 13.8 Å². The Labute approximate surface area is 121 Å². The fourth-order valence-electron chi connectivity index (χ4n) is 0.764. The van der Waals surface area contributed by atoms with Crippen LogP contribution < -0.4 is 0 Å². The largest absolute Gasteiger partial charge is 1.00 e. The molecule has 0 spiro atoms. The van der Waals surface area contributed by atoms with E-state index >= 15 is 0 Å². The highest BCUT2D eigenvalue weighted by Crippen LogP contribution is 2.38. The molecule has 0 aromatic heterocycles. The summed E-state index contributed by atoms with van der Waals surface area (Å²) in [6, 6.07) is 0. The van der Waals surface area contributed by atoms with Crippen LogP contribution in [0.3, 0.4) is 0 Å². The maximum Gasteiger partial charge on any atom is 1.00 e. The summed E-state index contributed by atoms with van der Waals surface area (Å²) in [4.78, 5) is 0. The minimum absolute atomic E-state index is 0. The van der Waals surface area contributed by atoms with Crippen molar-refractivity contribution < 1.29 is 14.4 Å². The van der Waals surface area contributed by atoms with Gasteiger partial charge in [-0.15, -0.1) is 0 Å². The van der Waals surface area contributed by atoms with Gasteiger partial charge >= 0.3 is 1.43 Å². The van der Waals surface area contributed by atoms with Gasteiger partial charge in [-0.3, -0.25) is 0 Å². The van der Waals surface area contributed by atoms with Crippen LogP contribution in [0, 0.1) is 5.41 Å². The Balaban J connectivity index is -0.0000000288. The smallest absolute Gasteiger partial charge is 0.748 e. The third-order valence-corrected chi connectivity index (χ3v) is 4.94. The van der Waals surface area contributed by atoms with Crippen molar-refractivity contribution in [2.45, 2.75) is 90.3 Å². The lowest BCUT2D eigenvalue weighted by atomic mass is 9.78. The topological polar surface area (TPSA) is 57.2 Å². The van der Waals surface area contributed by atoms with Crippen molar-refractivity contribution in [2.24, 2.45) is 5.41 Å². The first-order valence-corrected chi connectivity index (χ1v) is 5.42. The van der Waals surface area contributed by atoms with E-state index in [1.807, 2.05) is 6.92 Å². The summed E-state index contributed by atoms with van der Waals surface area (Å²) in [5, 5.41) is 0. The highest BCUT2D eigenvalue weighted by Gasteiger charge is 2.40. The molecule has 4 heteroatoms. The first kappa shape index (κ1) is 43.0. The van der Waals surface area contributed by atoms with E-state index in [0.717, 1.165) is 0 Å². The van der Waals surface area contributed by atoms with E-state index in [1.54, 1.807) is 13.8 Å². The molecule has 0 aromatic carbocycles. The normalized spacial score (nSPS) is 9.89. The lowest BCUT2D eigenvalue weighted by Crippen LogP contribution is -2.45. The molecule has 0 bridgehead atoms. The van der Waals surface area contributed by atoms with Crippen LogP contribution in [0.1, 0.15) is 87.0 Å². The maximum absolute atomic E-state index is 10.9. The highest BCUT2D eigenvalue weighted by atomic mass is 32.2. The van der Waals surface area contributed by atoms with Crippen molar-refractivity contribution in [3.63, 3.8) is 0 Å². The fourth-order valence-corrected chi connectivity index (χ4v) is 1.59. The molecule has 0 aliphatic carbocycles. The highest BCUT2D eigenvalue weighted by molar-refractivity contribution is 7.87. The monoisotopic (exact) mass is 292 g/mol. The SMILES string of the molecule is C.C.C.C.C.C.CCC(C)(C)C(C)(C)S(=O)(=O)[O-].[3H+]. The van der Waals surface area contributed by atoms with E-state index in [-0.39, 0.29) is 46.0 Å². The van der Waals surface area contributed by atoms with Gasteiger partial charge in [0.2, 0.25) is 0 Å². The molecule has 0 aromatic rings. The maximum atomic E-state index is 10.9. The van der Waals surface area contributed by atoms with Crippen molar-refractivity contribution in [3.8, 4) is 0 Å². The number of hydrogen-bond donors (Lipinski definition) is 0. The minimum Gasteiger partial charge on any atom is -0.748 e. The Morgan fingerprint density at radius 1 is 0.889 bits per heavy atom. The predicted molar refractivity (Wildman–Crippen MR) is 89.3 cm³/mol. The molecule has 0 saturated carbocycles. The van der Waals surface area contributed by atoms with Gasteiger partial charge in [-0.2, -0.15) is 0 Å². The average Bonchev–Trinajstić information content (AvgIpc) is 1.85. The second-order valence-corrected chi connectivity index (χ2v) is 6.13. The molecular formula is C14H42O3S. The Morgan fingerprint density at radius 3 is 1.17 bits per heavy atom. The first-order valence-electron chi connectivity index (χ1n) is 4.01. The van der Waals surface area contributed by atoms with Crippen LogP contribution in [0.25, 0.3) is 0 Å². The summed E-state index contributed by atoms with van der Waals surface area (Å²) in [7, 11) is -4.22. The van der Waals surface area contributed by atoms with Crippen molar-refractivity contribution in [1.82, 2.24) is 0 Å². The summed E-state index contributed by atoms with van der Waals surface area (Å²) >= 11 is 0. The summed E-state index contributed by atoms with van der Waals surface area (Å²) in [6.07, 6.45) is 0.668. The third-order valence-electron chi connectivity index (χ3n) is 3.14. The molecule has 0 radical (unpaired) electrons. The van der Waals surface area contributed by atoms with Gasteiger partial charge in [0.25, 0.3) is 0 Å².